The summed E-state index contributed by atoms with van der Waals surface area (Å²) in [5.41, 5.74) is 1.21. The number of nitrogens with zero attached hydrogens (tertiary/aromatic N) is 1. The average molecular weight is 289 g/mol. The van der Waals surface area contributed by atoms with Crippen LogP contribution in [0.5, 0.6) is 0 Å². The van der Waals surface area contributed by atoms with E-state index in [4.69, 9.17) is 5.26 Å². The molecule has 1 saturated heterocycles. The lowest BCUT2D eigenvalue weighted by molar-refractivity contribution is -0.117. The zero-order valence-corrected chi connectivity index (χ0v) is 12.6. The molecule has 0 spiro atoms. The van der Waals surface area contributed by atoms with Crippen LogP contribution in [0.1, 0.15) is 19.4 Å². The second-order valence-electron chi connectivity index (χ2n) is 5.39. The highest BCUT2D eigenvalue weighted by atomic mass is 32.2. The molecule has 1 unspecified atom stereocenters. The fourth-order valence-electron chi connectivity index (χ4n) is 2.00. The van der Waals surface area contributed by atoms with Crippen LogP contribution in [0, 0.1) is 11.3 Å². The molecule has 1 aromatic carbocycles. The molecule has 2 N–H and O–H groups in total. The van der Waals surface area contributed by atoms with Gasteiger partial charge < -0.3 is 10.6 Å². The molecule has 0 saturated carbocycles. The first-order valence-electron chi connectivity index (χ1n) is 6.67. The molecule has 1 aromatic rings. The van der Waals surface area contributed by atoms with Crippen LogP contribution < -0.4 is 10.6 Å². The summed E-state index contributed by atoms with van der Waals surface area (Å²) in [5, 5.41) is 15.2. The summed E-state index contributed by atoms with van der Waals surface area (Å²) in [6.45, 7) is 4.63. The molecule has 0 bridgehead atoms. The van der Waals surface area contributed by atoms with Crippen LogP contribution in [0.25, 0.3) is 0 Å². The molecule has 20 heavy (non-hydrogen) atoms. The normalized spacial score (nSPS) is 19.1. The highest BCUT2D eigenvalue weighted by Crippen LogP contribution is 2.23. The summed E-state index contributed by atoms with van der Waals surface area (Å²) in [6, 6.07) is 9.63. The smallest absolute Gasteiger partial charge is 0.242 e. The van der Waals surface area contributed by atoms with Gasteiger partial charge in [0.2, 0.25) is 5.91 Å². The van der Waals surface area contributed by atoms with Gasteiger partial charge in [-0.25, -0.2) is 0 Å². The van der Waals surface area contributed by atoms with Gasteiger partial charge in [0.1, 0.15) is 0 Å². The molecular weight excluding hydrogens is 270 g/mol. The summed E-state index contributed by atoms with van der Waals surface area (Å²) in [7, 11) is 0. The summed E-state index contributed by atoms with van der Waals surface area (Å²) >= 11 is 1.79. The van der Waals surface area contributed by atoms with E-state index in [0.29, 0.717) is 0 Å². The number of nitriles is 1. The van der Waals surface area contributed by atoms with E-state index in [0.717, 1.165) is 29.3 Å². The van der Waals surface area contributed by atoms with E-state index in [1.54, 1.807) is 11.8 Å². The number of nitrogens with one attached hydrogen (secondary N) is 2. The Hall–Kier alpha value is -1.51. The van der Waals surface area contributed by atoms with Gasteiger partial charge in [-0.1, -0.05) is 12.1 Å². The Morgan fingerprint density at radius 2 is 2.15 bits per heavy atom. The van der Waals surface area contributed by atoms with Gasteiger partial charge in [0.05, 0.1) is 17.5 Å². The minimum absolute atomic E-state index is 0.00416. The number of thioether (sulfide) groups is 1. The van der Waals surface area contributed by atoms with Crippen molar-refractivity contribution in [3.63, 3.8) is 0 Å². The maximum atomic E-state index is 12.1. The van der Waals surface area contributed by atoms with Crippen molar-refractivity contribution in [2.75, 3.05) is 23.4 Å². The number of hydrogen-bond donors (Lipinski definition) is 2. The van der Waals surface area contributed by atoms with Gasteiger partial charge >= 0.3 is 0 Å². The Kier molecular flexibility index (Phi) is 4.69. The Morgan fingerprint density at radius 3 is 2.70 bits per heavy atom. The Morgan fingerprint density at radius 1 is 1.45 bits per heavy atom. The van der Waals surface area contributed by atoms with Gasteiger partial charge in [-0.05, 0) is 31.5 Å². The minimum Gasteiger partial charge on any atom is -0.325 e. The first-order valence-corrected chi connectivity index (χ1v) is 7.82. The number of carbonyl (C=O) groups is 1. The van der Waals surface area contributed by atoms with Gasteiger partial charge in [0.15, 0.2) is 0 Å². The predicted octanol–water partition coefficient (Wildman–Crippen LogP) is 2.13. The molecule has 2 rings (SSSR count). The summed E-state index contributed by atoms with van der Waals surface area (Å²) < 4.78 is 0. The Labute approximate surface area is 123 Å². The zero-order chi connectivity index (χ0) is 14.6. The van der Waals surface area contributed by atoms with E-state index >= 15 is 0 Å². The third-order valence-corrected chi connectivity index (χ3v) is 4.45. The van der Waals surface area contributed by atoms with E-state index in [9.17, 15) is 4.79 Å². The summed E-state index contributed by atoms with van der Waals surface area (Å²) in [6.07, 6.45) is 0. The molecule has 1 heterocycles. The maximum Gasteiger partial charge on any atom is 0.242 e. The topological polar surface area (TPSA) is 64.9 Å². The number of rotatable bonds is 3. The van der Waals surface area contributed by atoms with Crippen LogP contribution in [-0.4, -0.2) is 30.0 Å². The summed E-state index contributed by atoms with van der Waals surface area (Å²) in [4.78, 5) is 12.1. The summed E-state index contributed by atoms with van der Waals surface area (Å²) in [5.74, 6) is 1.87. The van der Waals surface area contributed by atoms with Crippen molar-refractivity contribution >= 4 is 23.4 Å². The number of carbonyl (C=O) groups excluding carboxylic acids is 1. The molecule has 106 valence electrons. The maximum absolute atomic E-state index is 12.1. The molecule has 5 heteroatoms. The van der Waals surface area contributed by atoms with Crippen molar-refractivity contribution < 1.29 is 4.79 Å². The van der Waals surface area contributed by atoms with Crippen LogP contribution in [0.4, 0.5) is 5.69 Å². The highest BCUT2D eigenvalue weighted by Gasteiger charge is 2.22. The van der Waals surface area contributed by atoms with Crippen LogP contribution in [0.15, 0.2) is 24.3 Å². The van der Waals surface area contributed by atoms with Gasteiger partial charge in [0, 0.05) is 23.7 Å². The Balaban J connectivity index is 2.00. The van der Waals surface area contributed by atoms with E-state index in [1.807, 2.05) is 38.1 Å². The number of benzene rings is 1. The second-order valence-corrected chi connectivity index (χ2v) is 6.53. The van der Waals surface area contributed by atoms with Gasteiger partial charge in [0.25, 0.3) is 0 Å². The molecule has 1 atom stereocenters. The van der Waals surface area contributed by atoms with Crippen molar-refractivity contribution in [3.05, 3.63) is 29.8 Å². The third-order valence-electron chi connectivity index (χ3n) is 3.39. The molecule has 0 aliphatic carbocycles. The van der Waals surface area contributed by atoms with Crippen molar-refractivity contribution in [2.24, 2.45) is 0 Å². The molecule has 0 aromatic heterocycles. The lowest BCUT2D eigenvalue weighted by atomic mass is 9.86. The second kappa shape index (κ2) is 6.29. The van der Waals surface area contributed by atoms with Crippen LogP contribution in [0.3, 0.4) is 0 Å². The number of amides is 1. The van der Waals surface area contributed by atoms with Gasteiger partial charge in [-0.15, -0.1) is 0 Å². The van der Waals surface area contributed by atoms with E-state index in [2.05, 4.69) is 16.7 Å². The zero-order valence-electron chi connectivity index (χ0n) is 11.8. The standard InChI is InChI=1S/C15H19N3OS/c1-15(2,10-16)11-3-5-12(6-4-11)18-14(19)13-9-20-8-7-17-13/h3-6,13,17H,7-9H2,1-2H3,(H,18,19). The quantitative estimate of drug-likeness (QED) is 0.894. The van der Waals surface area contributed by atoms with E-state index in [-0.39, 0.29) is 11.9 Å². The molecule has 1 aliphatic heterocycles. The molecule has 1 fully saturated rings. The van der Waals surface area contributed by atoms with Crippen molar-refractivity contribution in [1.82, 2.24) is 5.32 Å². The first-order chi connectivity index (χ1) is 9.53. The largest absolute Gasteiger partial charge is 0.325 e. The average Bonchev–Trinajstić information content (AvgIpc) is 2.48. The molecule has 4 nitrogen and oxygen atoms in total. The monoisotopic (exact) mass is 289 g/mol. The van der Waals surface area contributed by atoms with Crippen LogP contribution >= 0.6 is 11.8 Å². The van der Waals surface area contributed by atoms with E-state index in [1.165, 1.54) is 0 Å². The Bertz CT molecular complexity index is 513. The van der Waals surface area contributed by atoms with Gasteiger partial charge in [-0.2, -0.15) is 17.0 Å². The van der Waals surface area contributed by atoms with Gasteiger partial charge in [-0.3, -0.25) is 4.79 Å². The minimum atomic E-state index is -0.510. The van der Waals surface area contributed by atoms with Crippen molar-refractivity contribution in [3.8, 4) is 6.07 Å². The fraction of sp³-hybridized carbons (Fsp3) is 0.467. The van der Waals surface area contributed by atoms with Crippen LogP contribution in [0.2, 0.25) is 0 Å². The third kappa shape index (κ3) is 3.53. The lowest BCUT2D eigenvalue weighted by Gasteiger charge is -2.22. The molecule has 1 aliphatic rings. The molecule has 1 amide bonds. The highest BCUT2D eigenvalue weighted by molar-refractivity contribution is 7.99. The van der Waals surface area contributed by atoms with Crippen molar-refractivity contribution in [1.29, 1.82) is 5.26 Å². The lowest BCUT2D eigenvalue weighted by Crippen LogP contribution is -2.46. The molecular formula is C15H19N3OS. The number of anilines is 1. The first kappa shape index (κ1) is 14.9. The molecule has 0 radical (unpaired) electrons. The van der Waals surface area contributed by atoms with Crippen LogP contribution in [-0.2, 0) is 10.2 Å². The SMILES string of the molecule is CC(C)(C#N)c1ccc(NC(=O)C2CSCCN2)cc1. The number of hydrogen-bond acceptors (Lipinski definition) is 4. The fourth-order valence-corrected chi connectivity index (χ4v) is 2.93. The predicted molar refractivity (Wildman–Crippen MR) is 82.8 cm³/mol. The van der Waals surface area contributed by atoms with Crippen molar-refractivity contribution in [2.45, 2.75) is 25.3 Å². The van der Waals surface area contributed by atoms with E-state index < -0.39 is 5.41 Å².